The molecule has 2 aromatic carbocycles. The van der Waals surface area contributed by atoms with Crippen molar-refractivity contribution in [2.24, 2.45) is 11.0 Å². The van der Waals surface area contributed by atoms with Crippen molar-refractivity contribution >= 4 is 17.8 Å². The van der Waals surface area contributed by atoms with Crippen molar-refractivity contribution < 1.29 is 14.8 Å². The van der Waals surface area contributed by atoms with Crippen molar-refractivity contribution in [3.63, 3.8) is 0 Å². The van der Waals surface area contributed by atoms with Gasteiger partial charge in [-0.3, -0.25) is 19.8 Å². The Hall–Kier alpha value is -3.52. The van der Waals surface area contributed by atoms with Crippen LogP contribution in [0.3, 0.4) is 0 Å². The number of benzene rings is 2. The van der Waals surface area contributed by atoms with E-state index in [4.69, 9.17) is 0 Å². The number of phenolic OH excluding ortho intramolecular Hbond substituents is 1. The molecule has 0 atom stereocenters. The fourth-order valence-electron chi connectivity index (χ4n) is 3.63. The molecule has 1 heterocycles. The van der Waals surface area contributed by atoms with Gasteiger partial charge in [-0.15, -0.1) is 6.58 Å². The number of carbonyl (C=O) groups is 1. The van der Waals surface area contributed by atoms with E-state index in [1.54, 1.807) is 24.3 Å². The minimum Gasteiger partial charge on any atom is -0.507 e. The Kier molecular flexibility index (Phi) is 7.50. The molecule has 2 N–H and O–H groups in total. The first-order chi connectivity index (χ1) is 15.0. The highest BCUT2D eigenvalue weighted by Crippen LogP contribution is 2.22. The van der Waals surface area contributed by atoms with Crippen molar-refractivity contribution in [3.05, 3.63) is 81.9 Å². The Balaban J connectivity index is 1.47. The first-order valence-corrected chi connectivity index (χ1v) is 10.2. The number of hydrogen-bond donors (Lipinski definition) is 2. The summed E-state index contributed by atoms with van der Waals surface area (Å²) in [4.78, 5) is 25.0. The van der Waals surface area contributed by atoms with Gasteiger partial charge >= 0.3 is 0 Å². The van der Waals surface area contributed by atoms with Gasteiger partial charge in [-0.2, -0.15) is 5.10 Å². The number of para-hydroxylation sites is 1. The minimum absolute atomic E-state index is 0.0837. The summed E-state index contributed by atoms with van der Waals surface area (Å²) in [5.41, 5.74) is 4.97. The van der Waals surface area contributed by atoms with Gasteiger partial charge in [0.2, 0.25) is 5.91 Å². The first-order valence-electron chi connectivity index (χ1n) is 10.2. The van der Waals surface area contributed by atoms with Crippen LogP contribution >= 0.6 is 0 Å². The molecule has 2 aromatic rings. The normalized spacial score (nSPS) is 15.1. The van der Waals surface area contributed by atoms with E-state index in [9.17, 15) is 20.0 Å². The van der Waals surface area contributed by atoms with E-state index in [1.165, 1.54) is 18.3 Å². The Morgan fingerprint density at radius 3 is 2.61 bits per heavy atom. The summed E-state index contributed by atoms with van der Waals surface area (Å²) in [5.74, 6) is -0.112. The number of non-ortho nitro benzene ring substituents is 1. The zero-order valence-electron chi connectivity index (χ0n) is 17.2. The van der Waals surface area contributed by atoms with Gasteiger partial charge in [-0.05, 0) is 49.5 Å². The molecule has 0 bridgehead atoms. The van der Waals surface area contributed by atoms with E-state index in [1.807, 2.05) is 12.1 Å². The topological polar surface area (TPSA) is 108 Å². The largest absolute Gasteiger partial charge is 0.507 e. The maximum absolute atomic E-state index is 12.4. The Morgan fingerprint density at radius 1 is 1.26 bits per heavy atom. The minimum atomic E-state index is -0.407. The van der Waals surface area contributed by atoms with Gasteiger partial charge in [0.15, 0.2) is 0 Å². The van der Waals surface area contributed by atoms with E-state index < -0.39 is 4.92 Å². The van der Waals surface area contributed by atoms with Crippen LogP contribution in [-0.2, 0) is 17.8 Å². The number of nitro groups is 1. The second-order valence-corrected chi connectivity index (χ2v) is 7.56. The van der Waals surface area contributed by atoms with E-state index in [-0.39, 0.29) is 23.3 Å². The number of piperidine rings is 1. The van der Waals surface area contributed by atoms with Gasteiger partial charge in [-0.1, -0.05) is 30.3 Å². The highest BCUT2D eigenvalue weighted by molar-refractivity contribution is 5.86. The van der Waals surface area contributed by atoms with Crippen LogP contribution in [0, 0.1) is 16.0 Å². The number of hydrazone groups is 1. The quantitative estimate of drug-likeness (QED) is 0.293. The van der Waals surface area contributed by atoms with Crippen LogP contribution < -0.4 is 5.43 Å². The number of rotatable bonds is 8. The number of nitro benzene ring substituents is 1. The van der Waals surface area contributed by atoms with Gasteiger partial charge in [0.05, 0.1) is 11.1 Å². The van der Waals surface area contributed by atoms with E-state index in [0.29, 0.717) is 31.4 Å². The van der Waals surface area contributed by atoms with Crippen molar-refractivity contribution in [1.82, 2.24) is 10.3 Å². The lowest BCUT2D eigenvalue weighted by atomic mass is 9.96. The van der Waals surface area contributed by atoms with Crippen LogP contribution in [0.5, 0.6) is 5.75 Å². The van der Waals surface area contributed by atoms with Gasteiger partial charge in [0.25, 0.3) is 5.69 Å². The molecule has 162 valence electrons. The Morgan fingerprint density at radius 2 is 1.97 bits per heavy atom. The van der Waals surface area contributed by atoms with Crippen molar-refractivity contribution in [2.45, 2.75) is 25.8 Å². The van der Waals surface area contributed by atoms with E-state index in [0.717, 1.165) is 24.2 Å². The summed E-state index contributed by atoms with van der Waals surface area (Å²) in [6.45, 7) is 5.91. The Labute approximate surface area is 181 Å². The summed E-state index contributed by atoms with van der Waals surface area (Å²) in [5, 5.41) is 25.0. The highest BCUT2D eigenvalue weighted by atomic mass is 16.6. The predicted molar refractivity (Wildman–Crippen MR) is 119 cm³/mol. The molecule has 0 spiro atoms. The molecule has 1 saturated heterocycles. The molecule has 0 aliphatic carbocycles. The summed E-state index contributed by atoms with van der Waals surface area (Å²) in [6, 6.07) is 11.9. The fourth-order valence-corrected chi connectivity index (χ4v) is 3.63. The van der Waals surface area contributed by atoms with Crippen molar-refractivity contribution in [1.29, 1.82) is 0 Å². The maximum atomic E-state index is 12.4. The molecule has 1 aliphatic rings. The number of phenols is 1. The van der Waals surface area contributed by atoms with Crippen LogP contribution in [0.2, 0.25) is 0 Å². The third-order valence-electron chi connectivity index (χ3n) is 5.41. The molecule has 0 radical (unpaired) electrons. The van der Waals surface area contributed by atoms with Crippen LogP contribution in [-0.4, -0.2) is 40.1 Å². The van der Waals surface area contributed by atoms with E-state index >= 15 is 0 Å². The molecule has 1 amide bonds. The van der Waals surface area contributed by atoms with Crippen molar-refractivity contribution in [3.8, 4) is 5.75 Å². The third kappa shape index (κ3) is 5.99. The summed E-state index contributed by atoms with van der Waals surface area (Å²) >= 11 is 0. The third-order valence-corrected chi connectivity index (χ3v) is 5.41. The maximum Gasteiger partial charge on any atom is 0.269 e. The molecule has 3 rings (SSSR count). The summed E-state index contributed by atoms with van der Waals surface area (Å²) < 4.78 is 0. The summed E-state index contributed by atoms with van der Waals surface area (Å²) in [6.07, 6.45) is 5.15. The van der Waals surface area contributed by atoms with Crippen LogP contribution in [0.15, 0.2) is 60.2 Å². The smallest absolute Gasteiger partial charge is 0.269 e. The molecule has 1 fully saturated rings. The standard InChI is InChI=1S/C23H26N4O4/c1-2-4-18-5-3-6-20(22(18)28)15-24-25-23(29)19-11-13-26(14-12-19)16-17-7-9-21(10-8-17)27(30)31/h2-3,5-10,15,19,28H,1,4,11-14,16H2,(H,25,29). The summed E-state index contributed by atoms with van der Waals surface area (Å²) in [7, 11) is 0. The monoisotopic (exact) mass is 422 g/mol. The molecule has 31 heavy (non-hydrogen) atoms. The number of hydrogen-bond acceptors (Lipinski definition) is 6. The lowest BCUT2D eigenvalue weighted by Crippen LogP contribution is -2.39. The molecule has 0 unspecified atom stereocenters. The van der Waals surface area contributed by atoms with Crippen LogP contribution in [0.1, 0.15) is 29.5 Å². The lowest BCUT2D eigenvalue weighted by molar-refractivity contribution is -0.384. The molecule has 8 heteroatoms. The zero-order chi connectivity index (χ0) is 22.2. The number of nitrogens with zero attached hydrogens (tertiary/aromatic N) is 3. The van der Waals surface area contributed by atoms with Gasteiger partial charge in [0, 0.05) is 30.2 Å². The lowest BCUT2D eigenvalue weighted by Gasteiger charge is -2.30. The second-order valence-electron chi connectivity index (χ2n) is 7.56. The molecular weight excluding hydrogens is 396 g/mol. The fraction of sp³-hybridized carbons (Fsp3) is 0.304. The Bertz CT molecular complexity index is 964. The molecule has 1 aliphatic heterocycles. The zero-order valence-corrected chi connectivity index (χ0v) is 17.2. The molecular formula is C23H26N4O4. The van der Waals surface area contributed by atoms with Crippen LogP contribution in [0.25, 0.3) is 0 Å². The first kappa shape index (κ1) is 22.2. The number of likely N-dealkylation sites (tertiary alicyclic amines) is 1. The highest BCUT2D eigenvalue weighted by Gasteiger charge is 2.25. The molecule has 8 nitrogen and oxygen atoms in total. The van der Waals surface area contributed by atoms with Gasteiger partial charge in [-0.25, -0.2) is 5.43 Å². The predicted octanol–water partition coefficient (Wildman–Crippen LogP) is 3.39. The number of aromatic hydroxyl groups is 1. The van der Waals surface area contributed by atoms with E-state index in [2.05, 4.69) is 22.0 Å². The van der Waals surface area contributed by atoms with Crippen molar-refractivity contribution in [2.75, 3.05) is 13.1 Å². The average Bonchev–Trinajstić information content (AvgIpc) is 2.77. The number of carbonyl (C=O) groups excluding carboxylic acids is 1. The van der Waals surface area contributed by atoms with Gasteiger partial charge in [0.1, 0.15) is 5.75 Å². The van der Waals surface area contributed by atoms with Crippen LogP contribution in [0.4, 0.5) is 5.69 Å². The molecule has 0 aromatic heterocycles. The SMILES string of the molecule is C=CCc1cccc(C=NNC(=O)C2CCN(Cc3ccc([N+](=O)[O-])cc3)CC2)c1O. The number of amides is 1. The average molecular weight is 422 g/mol. The molecule has 0 saturated carbocycles. The number of allylic oxidation sites excluding steroid dienone is 1. The second kappa shape index (κ2) is 10.5. The number of nitrogens with one attached hydrogen (secondary N) is 1. The van der Waals surface area contributed by atoms with Gasteiger partial charge < -0.3 is 5.11 Å².